The van der Waals surface area contributed by atoms with Crippen molar-refractivity contribution < 1.29 is 9.53 Å². The molecule has 0 amide bonds. The van der Waals surface area contributed by atoms with Crippen LogP contribution in [0.3, 0.4) is 0 Å². The number of Topliss-reactive ketones (excluding diaryl/α,β-unsaturated/α-hetero) is 1. The largest absolute Gasteiger partial charge is 0.489 e. The normalized spacial score (nSPS) is 14.9. The van der Waals surface area contributed by atoms with Crippen molar-refractivity contribution in [2.45, 2.75) is 39.5 Å². The number of ether oxygens (including phenoxy) is 1. The molecule has 0 atom stereocenters. The number of hydrogen-bond donors (Lipinski definition) is 0. The molecule has 0 aliphatic carbocycles. The number of fused-ring (bicyclic) bond motifs is 1. The Morgan fingerprint density at radius 1 is 1.37 bits per heavy atom. The zero-order valence-corrected chi connectivity index (χ0v) is 12.5. The predicted octanol–water partition coefficient (Wildman–Crippen LogP) is 3.41. The summed E-state index contributed by atoms with van der Waals surface area (Å²) in [5.41, 5.74) is 2.92. The molecule has 0 unspecified atom stereocenters. The fraction of sp³-hybridized carbons (Fsp3) is 0.562. The lowest BCUT2D eigenvalue weighted by molar-refractivity contribution is 0.0988. The average molecular weight is 261 g/mol. The third-order valence-corrected chi connectivity index (χ3v) is 3.60. The van der Waals surface area contributed by atoms with E-state index in [4.69, 9.17) is 4.74 Å². The van der Waals surface area contributed by atoms with Crippen molar-refractivity contribution in [1.29, 1.82) is 0 Å². The highest BCUT2D eigenvalue weighted by Gasteiger charge is 2.27. The molecular formula is C16H23NO2. The van der Waals surface area contributed by atoms with Gasteiger partial charge < -0.3 is 9.64 Å². The Bertz CT molecular complexity index is 500. The highest BCUT2D eigenvalue weighted by atomic mass is 16.5. The monoisotopic (exact) mass is 261 g/mol. The second-order valence-corrected chi connectivity index (χ2v) is 6.17. The summed E-state index contributed by atoms with van der Waals surface area (Å²) >= 11 is 0. The first kappa shape index (κ1) is 13.9. The summed E-state index contributed by atoms with van der Waals surface area (Å²) in [5.74, 6) is 1.13. The van der Waals surface area contributed by atoms with Crippen LogP contribution < -0.4 is 9.64 Å². The topological polar surface area (TPSA) is 29.5 Å². The van der Waals surface area contributed by atoms with E-state index in [2.05, 4.69) is 25.7 Å². The molecule has 0 saturated heterocycles. The van der Waals surface area contributed by atoms with Crippen LogP contribution in [0.5, 0.6) is 5.75 Å². The van der Waals surface area contributed by atoms with Crippen molar-refractivity contribution >= 4 is 11.5 Å². The summed E-state index contributed by atoms with van der Waals surface area (Å²) in [6.45, 7) is 9.93. The van der Waals surface area contributed by atoms with Crippen LogP contribution in [0, 0.1) is 0 Å². The first-order valence-corrected chi connectivity index (χ1v) is 6.90. The maximum absolute atomic E-state index is 12.0. The Hall–Kier alpha value is -1.51. The van der Waals surface area contributed by atoms with E-state index in [1.165, 1.54) is 0 Å². The number of carbonyl (C=O) groups is 1. The third-order valence-electron chi connectivity index (χ3n) is 3.60. The van der Waals surface area contributed by atoms with Crippen LogP contribution in [0.1, 0.15) is 50.0 Å². The third kappa shape index (κ3) is 2.60. The zero-order chi connectivity index (χ0) is 14.2. The highest BCUT2D eigenvalue weighted by Crippen LogP contribution is 2.41. The summed E-state index contributed by atoms with van der Waals surface area (Å²) in [4.78, 5) is 14.2. The molecular weight excluding hydrogens is 238 g/mol. The number of nitrogens with zero attached hydrogens (tertiary/aromatic N) is 1. The number of rotatable bonds is 2. The van der Waals surface area contributed by atoms with Gasteiger partial charge in [0.25, 0.3) is 0 Å². The SMILES string of the molecule is CCC(=O)c1cc2c(c(C(C)(C)C)c1)OCCN2C. The van der Waals surface area contributed by atoms with Crippen molar-refractivity contribution in [1.82, 2.24) is 0 Å². The molecule has 0 bridgehead atoms. The van der Waals surface area contributed by atoms with Gasteiger partial charge in [0.1, 0.15) is 12.4 Å². The van der Waals surface area contributed by atoms with E-state index in [0.717, 1.165) is 29.1 Å². The summed E-state index contributed by atoms with van der Waals surface area (Å²) in [6, 6.07) is 3.97. The van der Waals surface area contributed by atoms with E-state index >= 15 is 0 Å². The number of ketones is 1. The van der Waals surface area contributed by atoms with E-state index in [9.17, 15) is 4.79 Å². The van der Waals surface area contributed by atoms with Crippen molar-refractivity contribution in [3.63, 3.8) is 0 Å². The van der Waals surface area contributed by atoms with Crippen molar-refractivity contribution in [2.24, 2.45) is 0 Å². The van der Waals surface area contributed by atoms with Crippen molar-refractivity contribution in [2.75, 3.05) is 25.1 Å². The Kier molecular flexibility index (Phi) is 3.57. The van der Waals surface area contributed by atoms with Gasteiger partial charge in [-0.3, -0.25) is 4.79 Å². The van der Waals surface area contributed by atoms with Gasteiger partial charge in [-0.15, -0.1) is 0 Å². The van der Waals surface area contributed by atoms with Gasteiger partial charge in [0.05, 0.1) is 12.2 Å². The molecule has 3 heteroatoms. The molecule has 2 rings (SSSR count). The number of anilines is 1. The van der Waals surface area contributed by atoms with E-state index < -0.39 is 0 Å². The smallest absolute Gasteiger partial charge is 0.162 e. The van der Waals surface area contributed by atoms with Crippen LogP contribution in [0.15, 0.2) is 12.1 Å². The Balaban J connectivity index is 2.64. The first-order chi connectivity index (χ1) is 8.84. The molecule has 104 valence electrons. The maximum atomic E-state index is 12.0. The molecule has 1 aromatic rings. The zero-order valence-electron chi connectivity index (χ0n) is 12.5. The Labute approximate surface area is 115 Å². The summed E-state index contributed by atoms with van der Waals surface area (Å²) in [5, 5.41) is 0. The average Bonchev–Trinajstić information content (AvgIpc) is 2.36. The molecule has 0 fully saturated rings. The predicted molar refractivity (Wildman–Crippen MR) is 78.5 cm³/mol. The van der Waals surface area contributed by atoms with Crippen LogP contribution in [0.4, 0.5) is 5.69 Å². The van der Waals surface area contributed by atoms with Gasteiger partial charge in [-0.1, -0.05) is 27.7 Å². The molecule has 0 spiro atoms. The molecule has 0 saturated carbocycles. The molecule has 1 aromatic carbocycles. The van der Waals surface area contributed by atoms with Gasteiger partial charge in [0, 0.05) is 24.6 Å². The van der Waals surface area contributed by atoms with Crippen LogP contribution in [-0.4, -0.2) is 26.0 Å². The summed E-state index contributed by atoms with van der Waals surface area (Å²) < 4.78 is 5.87. The second-order valence-electron chi connectivity index (χ2n) is 6.17. The van der Waals surface area contributed by atoms with Crippen LogP contribution in [-0.2, 0) is 5.41 Å². The van der Waals surface area contributed by atoms with E-state index in [0.29, 0.717) is 13.0 Å². The van der Waals surface area contributed by atoms with Crippen LogP contribution in [0.2, 0.25) is 0 Å². The van der Waals surface area contributed by atoms with Crippen LogP contribution in [0.25, 0.3) is 0 Å². The second kappa shape index (κ2) is 4.87. The lowest BCUT2D eigenvalue weighted by atomic mass is 9.84. The minimum Gasteiger partial charge on any atom is -0.489 e. The van der Waals surface area contributed by atoms with Crippen molar-refractivity contribution in [3.8, 4) is 5.75 Å². The van der Waals surface area contributed by atoms with E-state index in [1.807, 2.05) is 26.1 Å². The number of likely N-dealkylation sites (N-methyl/N-ethyl adjacent to an activating group) is 1. The number of carbonyl (C=O) groups excluding carboxylic acids is 1. The molecule has 0 aromatic heterocycles. The fourth-order valence-corrected chi connectivity index (χ4v) is 2.38. The van der Waals surface area contributed by atoms with Gasteiger partial charge in [-0.05, 0) is 17.5 Å². The minimum absolute atomic E-state index is 0.0354. The summed E-state index contributed by atoms with van der Waals surface area (Å²) in [6.07, 6.45) is 0.535. The Morgan fingerprint density at radius 3 is 2.63 bits per heavy atom. The molecule has 3 nitrogen and oxygen atoms in total. The lowest BCUT2D eigenvalue weighted by Gasteiger charge is -2.33. The summed E-state index contributed by atoms with van der Waals surface area (Å²) in [7, 11) is 2.05. The molecule has 1 aliphatic rings. The lowest BCUT2D eigenvalue weighted by Crippen LogP contribution is -2.31. The van der Waals surface area contributed by atoms with Gasteiger partial charge in [0.15, 0.2) is 5.78 Å². The van der Waals surface area contributed by atoms with Gasteiger partial charge in [-0.2, -0.15) is 0 Å². The van der Waals surface area contributed by atoms with Gasteiger partial charge in [-0.25, -0.2) is 0 Å². The molecule has 1 heterocycles. The number of hydrogen-bond acceptors (Lipinski definition) is 3. The quantitative estimate of drug-likeness (QED) is 0.764. The van der Waals surface area contributed by atoms with Gasteiger partial charge >= 0.3 is 0 Å². The highest BCUT2D eigenvalue weighted by molar-refractivity contribution is 5.97. The van der Waals surface area contributed by atoms with E-state index in [-0.39, 0.29) is 11.2 Å². The number of benzene rings is 1. The molecule has 1 aliphatic heterocycles. The Morgan fingerprint density at radius 2 is 2.05 bits per heavy atom. The van der Waals surface area contributed by atoms with E-state index in [1.54, 1.807) is 0 Å². The molecule has 19 heavy (non-hydrogen) atoms. The van der Waals surface area contributed by atoms with Crippen molar-refractivity contribution in [3.05, 3.63) is 23.3 Å². The van der Waals surface area contributed by atoms with Gasteiger partial charge in [0.2, 0.25) is 0 Å². The molecule has 0 N–H and O–H groups in total. The van der Waals surface area contributed by atoms with Crippen LogP contribution >= 0.6 is 0 Å². The first-order valence-electron chi connectivity index (χ1n) is 6.90. The standard InChI is InChI=1S/C16H23NO2/c1-6-14(18)11-9-12(16(2,3)4)15-13(10-11)17(5)7-8-19-15/h9-10H,6-8H2,1-5H3. The minimum atomic E-state index is -0.0354. The molecule has 0 radical (unpaired) electrons. The maximum Gasteiger partial charge on any atom is 0.162 e. The fourth-order valence-electron chi connectivity index (χ4n) is 2.38.